The lowest BCUT2D eigenvalue weighted by Crippen LogP contribution is -2.67. The van der Waals surface area contributed by atoms with Crippen LogP contribution in [0.15, 0.2) is 48.6 Å². The molecule has 1 aromatic carbocycles. The number of rotatable bonds is 9. The Bertz CT molecular complexity index is 1670. The van der Waals surface area contributed by atoms with E-state index in [0.29, 0.717) is 69.4 Å². The molecule has 0 aromatic heterocycles. The number of nitrogens with zero attached hydrogens (tertiary/aromatic N) is 2. The average molecular weight is 771 g/mol. The number of ether oxygens (including phenoxy) is 2. The third-order valence-electron chi connectivity index (χ3n) is 17.6. The summed E-state index contributed by atoms with van der Waals surface area (Å²) in [7, 11) is 0. The van der Waals surface area contributed by atoms with Gasteiger partial charge in [-0.3, -0.25) is 14.5 Å². The van der Waals surface area contributed by atoms with Crippen molar-refractivity contribution in [2.24, 2.45) is 56.7 Å². The zero-order valence-electron chi connectivity index (χ0n) is 35.3. The minimum atomic E-state index is -0.801. The third kappa shape index (κ3) is 6.90. The topological polar surface area (TPSA) is 96.4 Å². The van der Waals surface area contributed by atoms with Crippen LogP contribution in [0.2, 0.25) is 0 Å². The van der Waals surface area contributed by atoms with Gasteiger partial charge >= 0.3 is 17.8 Å². The summed E-state index contributed by atoms with van der Waals surface area (Å²) in [6.45, 7) is 22.4. The lowest BCUT2D eigenvalue weighted by Gasteiger charge is -2.72. The van der Waals surface area contributed by atoms with E-state index in [1.165, 1.54) is 24.8 Å². The van der Waals surface area contributed by atoms with Gasteiger partial charge in [-0.25, -0.2) is 4.79 Å². The Hall–Kier alpha value is -2.97. The molecule has 10 unspecified atom stereocenters. The number of allylic oxidation sites excluding steroid dienone is 1. The van der Waals surface area contributed by atoms with E-state index in [9.17, 15) is 19.5 Å². The minimum absolute atomic E-state index is 0.00515. The second-order valence-electron chi connectivity index (χ2n) is 20.2. The Morgan fingerprint density at radius 1 is 0.821 bits per heavy atom. The first-order valence-electron chi connectivity index (χ1n) is 22.0. The Kier molecular flexibility index (Phi) is 11.5. The molecule has 6 fully saturated rings. The van der Waals surface area contributed by atoms with Gasteiger partial charge < -0.3 is 19.5 Å². The van der Waals surface area contributed by atoms with Gasteiger partial charge in [-0.15, -0.1) is 0 Å². The quantitative estimate of drug-likeness (QED) is 0.117. The van der Waals surface area contributed by atoms with Gasteiger partial charge in [0.15, 0.2) is 0 Å². The van der Waals surface area contributed by atoms with Gasteiger partial charge in [0.25, 0.3) is 0 Å². The molecule has 1 saturated heterocycles. The summed E-state index contributed by atoms with van der Waals surface area (Å²) in [5.41, 5.74) is 2.33. The first-order chi connectivity index (χ1) is 26.6. The first kappa shape index (κ1) is 41.2. The minimum Gasteiger partial charge on any atom is -0.464 e. The van der Waals surface area contributed by atoms with Gasteiger partial charge in [0.05, 0.1) is 18.1 Å². The van der Waals surface area contributed by atoms with Crippen LogP contribution in [0.25, 0.3) is 6.08 Å². The number of hydrogen-bond donors (Lipinski definition) is 1. The number of aliphatic hydroxyl groups excluding tert-OH is 1. The molecule has 1 heterocycles. The molecule has 56 heavy (non-hydrogen) atoms. The van der Waals surface area contributed by atoms with Crippen molar-refractivity contribution in [2.75, 3.05) is 45.9 Å². The van der Waals surface area contributed by atoms with Crippen molar-refractivity contribution < 1.29 is 29.0 Å². The van der Waals surface area contributed by atoms with E-state index < -0.39 is 17.3 Å². The summed E-state index contributed by atoms with van der Waals surface area (Å²) in [5.74, 6) is 0.822. The van der Waals surface area contributed by atoms with E-state index in [1.807, 2.05) is 42.5 Å². The largest absolute Gasteiger partial charge is 0.464 e. The van der Waals surface area contributed by atoms with Crippen molar-refractivity contribution in [3.05, 3.63) is 54.1 Å². The summed E-state index contributed by atoms with van der Waals surface area (Å²) < 4.78 is 11.6. The lowest BCUT2D eigenvalue weighted by atomic mass is 9.32. The molecule has 8 heteroatoms. The van der Waals surface area contributed by atoms with Gasteiger partial charge in [-0.2, -0.15) is 0 Å². The second-order valence-corrected chi connectivity index (χ2v) is 20.2. The van der Waals surface area contributed by atoms with E-state index >= 15 is 0 Å². The van der Waals surface area contributed by atoms with E-state index in [-0.39, 0.29) is 46.3 Å². The van der Waals surface area contributed by atoms with E-state index in [2.05, 4.69) is 53.0 Å². The number of carbonyl (C=O) groups is 3. The lowest BCUT2D eigenvalue weighted by molar-refractivity contribution is -0.248. The van der Waals surface area contributed by atoms with Crippen LogP contribution in [0.5, 0.6) is 0 Å². The van der Waals surface area contributed by atoms with Gasteiger partial charge in [0.2, 0.25) is 0 Å². The van der Waals surface area contributed by atoms with Crippen LogP contribution in [0, 0.1) is 56.7 Å². The number of carbonyl (C=O) groups excluding carboxylic acids is 3. The number of benzene rings is 1. The van der Waals surface area contributed by atoms with E-state index in [4.69, 9.17) is 9.47 Å². The smallest absolute Gasteiger partial charge is 0.397 e. The average Bonchev–Trinajstić information content (AvgIpc) is 3.58. The molecule has 6 aliphatic rings. The van der Waals surface area contributed by atoms with Crippen molar-refractivity contribution in [1.29, 1.82) is 0 Å². The van der Waals surface area contributed by atoms with Gasteiger partial charge in [0, 0.05) is 32.7 Å². The number of aliphatic hydroxyl groups is 1. The molecule has 1 amide bonds. The van der Waals surface area contributed by atoms with Gasteiger partial charge in [-0.1, -0.05) is 89.3 Å². The predicted octanol–water partition coefficient (Wildman–Crippen LogP) is 8.34. The monoisotopic (exact) mass is 771 g/mol. The van der Waals surface area contributed by atoms with Crippen LogP contribution in [0.3, 0.4) is 0 Å². The van der Waals surface area contributed by atoms with Gasteiger partial charge in [-0.05, 0) is 134 Å². The standard InChI is InChI=1S/C48H70N2O6/c1-33(2)35-18-23-48(25-24-46(6)36(40(35)48)16-17-38-45(5)21-20-39(51)44(3,4)37(45)19-22-47(38,46)7)43(54)56-32-30-49-26-28-50(29-27-49)41(52)42(53)55-31-12-11-15-34-13-9-8-10-14-34/h8-11,13-15,35-40,51H,1,12,16-32H2,2-7H3/b15-11+. The molecule has 7 rings (SSSR count). The molecule has 0 bridgehead atoms. The Morgan fingerprint density at radius 3 is 2.27 bits per heavy atom. The van der Waals surface area contributed by atoms with E-state index in [0.717, 1.165) is 50.5 Å². The highest BCUT2D eigenvalue weighted by Crippen LogP contribution is 2.77. The molecule has 0 spiro atoms. The fraction of sp³-hybridized carbons (Fsp3) is 0.729. The molecule has 308 valence electrons. The molecular weight excluding hydrogens is 701 g/mol. The fourth-order valence-electron chi connectivity index (χ4n) is 14.3. The number of esters is 2. The molecule has 1 aliphatic heterocycles. The van der Waals surface area contributed by atoms with Crippen LogP contribution in [0.4, 0.5) is 0 Å². The number of amides is 1. The molecule has 1 aromatic rings. The molecular formula is C48H70N2O6. The Morgan fingerprint density at radius 2 is 1.55 bits per heavy atom. The predicted molar refractivity (Wildman–Crippen MR) is 220 cm³/mol. The zero-order chi connectivity index (χ0) is 40.1. The highest BCUT2D eigenvalue weighted by Gasteiger charge is 2.72. The number of piperazine rings is 1. The summed E-state index contributed by atoms with van der Waals surface area (Å²) in [5, 5.41) is 11.1. The maximum atomic E-state index is 14.5. The molecule has 1 N–H and O–H groups in total. The highest BCUT2D eigenvalue weighted by molar-refractivity contribution is 6.32. The van der Waals surface area contributed by atoms with Crippen molar-refractivity contribution in [3.63, 3.8) is 0 Å². The zero-order valence-corrected chi connectivity index (χ0v) is 35.3. The maximum Gasteiger partial charge on any atom is 0.397 e. The molecule has 8 nitrogen and oxygen atoms in total. The van der Waals surface area contributed by atoms with Crippen LogP contribution >= 0.6 is 0 Å². The van der Waals surface area contributed by atoms with Crippen LogP contribution < -0.4 is 0 Å². The summed E-state index contributed by atoms with van der Waals surface area (Å²) in [4.78, 5) is 43.6. The van der Waals surface area contributed by atoms with Crippen molar-refractivity contribution in [1.82, 2.24) is 9.80 Å². The Balaban J connectivity index is 0.937. The highest BCUT2D eigenvalue weighted by atomic mass is 16.5. The summed E-state index contributed by atoms with van der Waals surface area (Å²) in [6.07, 6.45) is 14.8. The molecule has 5 saturated carbocycles. The fourth-order valence-corrected chi connectivity index (χ4v) is 14.3. The number of hydrogen-bond acceptors (Lipinski definition) is 7. The molecule has 0 radical (unpaired) electrons. The number of fused-ring (bicyclic) bond motifs is 7. The van der Waals surface area contributed by atoms with Crippen LogP contribution in [-0.2, 0) is 23.9 Å². The SMILES string of the molecule is C=C(C)C1CCC2(C(=O)OCCN3CCN(C(=O)C(=O)OCC/C=C/c4ccccc4)CC3)CCC3(C)C(CCC4C5(C)CCC(O)C(C)(C)C5CCC43C)C12. The molecule has 5 aliphatic carbocycles. The molecule has 10 atom stereocenters. The van der Waals surface area contributed by atoms with Crippen LogP contribution in [-0.4, -0.2) is 84.8 Å². The van der Waals surface area contributed by atoms with E-state index in [1.54, 1.807) is 4.90 Å². The third-order valence-corrected chi connectivity index (χ3v) is 17.6. The summed E-state index contributed by atoms with van der Waals surface area (Å²) >= 11 is 0. The van der Waals surface area contributed by atoms with Crippen LogP contribution in [0.1, 0.15) is 118 Å². The second kappa shape index (κ2) is 15.7. The maximum absolute atomic E-state index is 14.5. The van der Waals surface area contributed by atoms with Crippen molar-refractivity contribution in [2.45, 2.75) is 118 Å². The first-order valence-corrected chi connectivity index (χ1v) is 22.0. The Labute approximate surface area is 336 Å². The van der Waals surface area contributed by atoms with Crippen molar-refractivity contribution >= 4 is 23.9 Å². The normalized spacial score (nSPS) is 39.2. The van der Waals surface area contributed by atoms with Crippen molar-refractivity contribution in [3.8, 4) is 0 Å². The van der Waals surface area contributed by atoms with Gasteiger partial charge in [0.1, 0.15) is 6.61 Å². The summed E-state index contributed by atoms with van der Waals surface area (Å²) in [6, 6.07) is 9.92.